The van der Waals surface area contributed by atoms with Crippen LogP contribution in [0.15, 0.2) is 22.7 Å². The van der Waals surface area contributed by atoms with Gasteiger partial charge in [-0.3, -0.25) is 4.79 Å². The molecule has 0 spiro atoms. The number of amides is 1. The monoisotopic (exact) mass is 365 g/mol. The first-order valence-electron chi connectivity index (χ1n) is 8.46. The maximum absolute atomic E-state index is 13.7. The SMILES string of the molecule is Cc1onc(C(=O)NC2CCN(C)CC2)c1COc1ccc(F)cc1F. The largest absolute Gasteiger partial charge is 0.486 e. The number of carbonyl (C=O) groups excluding carboxylic acids is 1. The van der Waals surface area contributed by atoms with Crippen molar-refractivity contribution in [2.75, 3.05) is 20.1 Å². The van der Waals surface area contributed by atoms with E-state index in [-0.39, 0.29) is 30.0 Å². The summed E-state index contributed by atoms with van der Waals surface area (Å²) in [6.07, 6.45) is 1.73. The molecule has 1 aliphatic rings. The van der Waals surface area contributed by atoms with Crippen molar-refractivity contribution < 1.29 is 22.8 Å². The molecule has 2 heterocycles. The lowest BCUT2D eigenvalue weighted by atomic mass is 10.1. The van der Waals surface area contributed by atoms with Crippen molar-refractivity contribution in [2.24, 2.45) is 0 Å². The molecule has 0 radical (unpaired) electrons. The number of rotatable bonds is 5. The maximum Gasteiger partial charge on any atom is 0.274 e. The van der Waals surface area contributed by atoms with Crippen LogP contribution in [-0.2, 0) is 6.61 Å². The van der Waals surface area contributed by atoms with Crippen LogP contribution in [0.25, 0.3) is 0 Å². The molecule has 1 aromatic heterocycles. The van der Waals surface area contributed by atoms with Gasteiger partial charge >= 0.3 is 0 Å². The highest BCUT2D eigenvalue weighted by molar-refractivity contribution is 5.94. The molecule has 3 rings (SSSR count). The van der Waals surface area contributed by atoms with E-state index in [2.05, 4.69) is 15.4 Å². The number of nitrogens with one attached hydrogen (secondary N) is 1. The summed E-state index contributed by atoms with van der Waals surface area (Å²) in [5, 5.41) is 6.77. The number of nitrogens with zero attached hydrogens (tertiary/aromatic N) is 2. The normalized spacial score (nSPS) is 15.8. The Hall–Kier alpha value is -2.48. The molecule has 0 atom stereocenters. The van der Waals surface area contributed by atoms with E-state index < -0.39 is 11.6 Å². The zero-order chi connectivity index (χ0) is 18.7. The summed E-state index contributed by atoms with van der Waals surface area (Å²) in [5.41, 5.74) is 0.572. The van der Waals surface area contributed by atoms with Gasteiger partial charge in [0.25, 0.3) is 5.91 Å². The Kier molecular flexibility index (Phi) is 5.51. The third-order valence-corrected chi connectivity index (χ3v) is 4.52. The number of likely N-dealkylation sites (tertiary alicyclic amines) is 1. The minimum absolute atomic E-state index is 0.0824. The van der Waals surface area contributed by atoms with Crippen LogP contribution in [0.4, 0.5) is 8.78 Å². The molecule has 0 saturated carbocycles. The van der Waals surface area contributed by atoms with E-state index in [1.807, 2.05) is 7.05 Å². The van der Waals surface area contributed by atoms with Crippen molar-refractivity contribution >= 4 is 5.91 Å². The first kappa shape index (κ1) is 18.3. The lowest BCUT2D eigenvalue weighted by Crippen LogP contribution is -2.43. The second kappa shape index (κ2) is 7.82. The zero-order valence-electron chi connectivity index (χ0n) is 14.7. The Morgan fingerprint density at radius 1 is 1.38 bits per heavy atom. The minimum atomic E-state index is -0.809. The van der Waals surface area contributed by atoms with Crippen LogP contribution in [0.3, 0.4) is 0 Å². The zero-order valence-corrected chi connectivity index (χ0v) is 14.7. The molecule has 1 saturated heterocycles. The number of piperidine rings is 1. The lowest BCUT2D eigenvalue weighted by Gasteiger charge is -2.29. The van der Waals surface area contributed by atoms with Gasteiger partial charge in [0, 0.05) is 12.1 Å². The molecule has 6 nitrogen and oxygen atoms in total. The van der Waals surface area contributed by atoms with Gasteiger partial charge in [-0.05, 0) is 52.0 Å². The Bertz CT molecular complexity index is 786. The fourth-order valence-corrected chi connectivity index (χ4v) is 2.89. The molecule has 140 valence electrons. The van der Waals surface area contributed by atoms with Gasteiger partial charge in [-0.25, -0.2) is 8.78 Å². The summed E-state index contributed by atoms with van der Waals surface area (Å²) in [6, 6.07) is 3.13. The molecule has 1 amide bonds. The Morgan fingerprint density at radius 2 is 2.12 bits per heavy atom. The van der Waals surface area contributed by atoms with E-state index >= 15 is 0 Å². The van der Waals surface area contributed by atoms with E-state index in [4.69, 9.17) is 9.26 Å². The van der Waals surface area contributed by atoms with Gasteiger partial charge in [0.15, 0.2) is 17.3 Å². The van der Waals surface area contributed by atoms with Gasteiger partial charge in [0.05, 0.1) is 5.56 Å². The van der Waals surface area contributed by atoms with Crippen molar-refractivity contribution in [3.63, 3.8) is 0 Å². The fraction of sp³-hybridized carbons (Fsp3) is 0.444. The number of aryl methyl sites for hydroxylation is 1. The summed E-state index contributed by atoms with van der Waals surface area (Å²) in [5.74, 6) is -1.52. The van der Waals surface area contributed by atoms with E-state index in [1.165, 1.54) is 6.07 Å². The number of ether oxygens (including phenoxy) is 1. The van der Waals surface area contributed by atoms with Gasteiger partial charge in [0.1, 0.15) is 18.2 Å². The molecule has 2 aromatic rings. The highest BCUT2D eigenvalue weighted by Crippen LogP contribution is 2.22. The fourth-order valence-electron chi connectivity index (χ4n) is 2.89. The molecular weight excluding hydrogens is 344 g/mol. The van der Waals surface area contributed by atoms with Crippen LogP contribution < -0.4 is 10.1 Å². The molecule has 1 N–H and O–H groups in total. The second-order valence-electron chi connectivity index (χ2n) is 6.48. The third-order valence-electron chi connectivity index (χ3n) is 4.52. The van der Waals surface area contributed by atoms with Crippen LogP contribution in [0.5, 0.6) is 5.75 Å². The van der Waals surface area contributed by atoms with Crippen LogP contribution >= 0.6 is 0 Å². The van der Waals surface area contributed by atoms with Crippen LogP contribution in [0.1, 0.15) is 34.7 Å². The van der Waals surface area contributed by atoms with Crippen LogP contribution in [0, 0.1) is 18.6 Å². The number of benzene rings is 1. The Labute approximate surface area is 150 Å². The van der Waals surface area contributed by atoms with E-state index in [0.717, 1.165) is 38.1 Å². The molecule has 1 aromatic carbocycles. The van der Waals surface area contributed by atoms with E-state index in [1.54, 1.807) is 6.92 Å². The molecule has 8 heteroatoms. The molecule has 0 aliphatic carbocycles. The number of aromatic nitrogens is 1. The van der Waals surface area contributed by atoms with Gasteiger partial charge in [0.2, 0.25) is 0 Å². The molecule has 0 unspecified atom stereocenters. The molecule has 1 fully saturated rings. The van der Waals surface area contributed by atoms with Crippen molar-refractivity contribution in [1.82, 2.24) is 15.4 Å². The van der Waals surface area contributed by atoms with Crippen LogP contribution in [0.2, 0.25) is 0 Å². The number of carbonyl (C=O) groups is 1. The predicted octanol–water partition coefficient (Wildman–Crippen LogP) is 2.66. The first-order valence-corrected chi connectivity index (χ1v) is 8.46. The predicted molar refractivity (Wildman–Crippen MR) is 89.9 cm³/mol. The summed E-state index contributed by atoms with van der Waals surface area (Å²) in [6.45, 7) is 3.39. The van der Waals surface area contributed by atoms with Crippen molar-refractivity contribution in [3.05, 3.63) is 46.9 Å². The summed E-state index contributed by atoms with van der Waals surface area (Å²) < 4.78 is 37.1. The highest BCUT2D eigenvalue weighted by Gasteiger charge is 2.24. The third kappa shape index (κ3) is 4.19. The Balaban J connectivity index is 1.67. The average molecular weight is 365 g/mol. The Morgan fingerprint density at radius 3 is 2.81 bits per heavy atom. The maximum atomic E-state index is 13.7. The molecule has 1 aliphatic heterocycles. The summed E-state index contributed by atoms with van der Waals surface area (Å²) in [7, 11) is 2.04. The molecule has 26 heavy (non-hydrogen) atoms. The van der Waals surface area contributed by atoms with Crippen molar-refractivity contribution in [2.45, 2.75) is 32.4 Å². The topological polar surface area (TPSA) is 67.6 Å². The smallest absolute Gasteiger partial charge is 0.274 e. The van der Waals surface area contributed by atoms with E-state index in [9.17, 15) is 13.6 Å². The highest BCUT2D eigenvalue weighted by atomic mass is 19.1. The van der Waals surface area contributed by atoms with Crippen molar-refractivity contribution in [1.29, 1.82) is 0 Å². The first-order chi connectivity index (χ1) is 12.4. The van der Waals surface area contributed by atoms with Gasteiger partial charge < -0.3 is 19.5 Å². The van der Waals surface area contributed by atoms with Gasteiger partial charge in [-0.15, -0.1) is 0 Å². The average Bonchev–Trinajstić information content (AvgIpc) is 2.97. The van der Waals surface area contributed by atoms with Crippen molar-refractivity contribution in [3.8, 4) is 5.75 Å². The minimum Gasteiger partial charge on any atom is -0.486 e. The number of halogens is 2. The number of hydrogen-bond donors (Lipinski definition) is 1. The van der Waals surface area contributed by atoms with Crippen LogP contribution in [-0.4, -0.2) is 42.1 Å². The van der Waals surface area contributed by atoms with E-state index in [0.29, 0.717) is 11.3 Å². The quantitative estimate of drug-likeness (QED) is 0.882. The summed E-state index contributed by atoms with van der Waals surface area (Å²) >= 11 is 0. The van der Waals surface area contributed by atoms with Gasteiger partial charge in [-0.2, -0.15) is 0 Å². The van der Waals surface area contributed by atoms with Gasteiger partial charge in [-0.1, -0.05) is 5.16 Å². The molecule has 0 bridgehead atoms. The molecular formula is C18H21F2N3O3. The number of hydrogen-bond acceptors (Lipinski definition) is 5. The lowest BCUT2D eigenvalue weighted by molar-refractivity contribution is 0.0905. The second-order valence-corrected chi connectivity index (χ2v) is 6.48. The standard InChI is InChI=1S/C18H21F2N3O3/c1-11-14(10-25-16-4-3-12(19)9-15(16)20)17(22-26-11)18(24)21-13-5-7-23(2)8-6-13/h3-4,9,13H,5-8,10H2,1-2H3,(H,21,24). The summed E-state index contributed by atoms with van der Waals surface area (Å²) in [4.78, 5) is 14.7.